The van der Waals surface area contributed by atoms with E-state index in [9.17, 15) is 15.0 Å². The molecule has 1 aliphatic heterocycles. The minimum absolute atomic E-state index is 0.00667. The average Bonchev–Trinajstić information content (AvgIpc) is 2.38. The highest BCUT2D eigenvalue weighted by Gasteiger charge is 2.35. The molecule has 0 spiro atoms. The summed E-state index contributed by atoms with van der Waals surface area (Å²) in [4.78, 5) is 11.5. The van der Waals surface area contributed by atoms with Gasteiger partial charge in [-0.05, 0) is 12.8 Å². The van der Waals surface area contributed by atoms with Crippen molar-refractivity contribution in [3.63, 3.8) is 0 Å². The molecule has 0 amide bonds. The molecular weight excluding hydrogens is 252 g/mol. The molecular formula is C13H22O6. The molecule has 110 valence electrons. The van der Waals surface area contributed by atoms with Gasteiger partial charge in [-0.25, -0.2) is 0 Å². The number of carbonyl (C=O) groups is 1. The van der Waals surface area contributed by atoms with Crippen molar-refractivity contribution in [2.24, 2.45) is 5.92 Å². The maximum absolute atomic E-state index is 11.5. The van der Waals surface area contributed by atoms with Crippen LogP contribution in [0.3, 0.4) is 0 Å². The van der Waals surface area contributed by atoms with Gasteiger partial charge in [0.1, 0.15) is 5.78 Å². The zero-order valence-electron chi connectivity index (χ0n) is 10.9. The second-order valence-corrected chi connectivity index (χ2v) is 5.35. The van der Waals surface area contributed by atoms with E-state index >= 15 is 0 Å². The highest BCUT2D eigenvalue weighted by atomic mass is 16.7. The van der Waals surface area contributed by atoms with Crippen LogP contribution in [0.2, 0.25) is 0 Å². The van der Waals surface area contributed by atoms with E-state index in [1.54, 1.807) is 0 Å². The summed E-state index contributed by atoms with van der Waals surface area (Å²) in [5, 5.41) is 27.8. The predicted octanol–water partition coefficient (Wildman–Crippen LogP) is -0.0610. The fourth-order valence-electron chi connectivity index (χ4n) is 2.85. The Morgan fingerprint density at radius 3 is 2.68 bits per heavy atom. The van der Waals surface area contributed by atoms with Crippen LogP contribution in [-0.2, 0) is 14.3 Å². The van der Waals surface area contributed by atoms with Gasteiger partial charge in [-0.3, -0.25) is 4.79 Å². The Hall–Kier alpha value is -0.530. The monoisotopic (exact) mass is 274 g/mol. The van der Waals surface area contributed by atoms with Crippen LogP contribution in [-0.4, -0.2) is 52.5 Å². The van der Waals surface area contributed by atoms with E-state index in [1.807, 2.05) is 0 Å². The second kappa shape index (κ2) is 6.76. The summed E-state index contributed by atoms with van der Waals surface area (Å²) in [6, 6.07) is 0. The van der Waals surface area contributed by atoms with Crippen molar-refractivity contribution >= 4 is 5.78 Å². The van der Waals surface area contributed by atoms with Crippen LogP contribution in [0.1, 0.15) is 38.5 Å². The summed E-state index contributed by atoms with van der Waals surface area (Å²) in [6.07, 6.45) is 0.849. The molecule has 0 aromatic heterocycles. The topological polar surface area (TPSA) is 96.2 Å². The van der Waals surface area contributed by atoms with Gasteiger partial charge in [-0.2, -0.15) is 0 Å². The highest BCUT2D eigenvalue weighted by molar-refractivity contribution is 5.79. The van der Waals surface area contributed by atoms with Crippen LogP contribution < -0.4 is 0 Å². The molecule has 6 heteroatoms. The molecule has 0 aromatic rings. The highest BCUT2D eigenvalue weighted by Crippen LogP contribution is 2.31. The molecule has 0 radical (unpaired) electrons. The van der Waals surface area contributed by atoms with Gasteiger partial charge in [0, 0.05) is 12.3 Å². The lowest BCUT2D eigenvalue weighted by Crippen LogP contribution is -2.43. The van der Waals surface area contributed by atoms with Crippen molar-refractivity contribution < 1.29 is 29.6 Å². The van der Waals surface area contributed by atoms with Crippen LogP contribution in [0.15, 0.2) is 0 Å². The first kappa shape index (κ1) is 14.9. The largest absolute Gasteiger partial charge is 0.394 e. The van der Waals surface area contributed by atoms with E-state index in [0.717, 1.165) is 19.3 Å². The Labute approximate surface area is 112 Å². The predicted molar refractivity (Wildman–Crippen MR) is 65.0 cm³/mol. The first-order valence-corrected chi connectivity index (χ1v) is 6.89. The molecule has 0 aromatic carbocycles. The van der Waals surface area contributed by atoms with Crippen molar-refractivity contribution in [1.82, 2.24) is 0 Å². The first-order valence-electron chi connectivity index (χ1n) is 6.89. The molecule has 1 saturated carbocycles. The lowest BCUT2D eigenvalue weighted by Gasteiger charge is -2.37. The molecule has 2 rings (SSSR count). The number of Topliss-reactive ketones (excluding diaryl/α,β-unsaturated/α-hetero) is 1. The second-order valence-electron chi connectivity index (χ2n) is 5.35. The molecule has 3 N–H and O–H groups in total. The van der Waals surface area contributed by atoms with Crippen molar-refractivity contribution in [3.05, 3.63) is 0 Å². The third-order valence-electron chi connectivity index (χ3n) is 3.86. The normalized spacial score (nSPS) is 36.7. The van der Waals surface area contributed by atoms with Gasteiger partial charge in [0.05, 0.1) is 25.2 Å². The smallest absolute Gasteiger partial charge is 0.165 e. The SMILES string of the molecule is O=C1CC(CO)O[C@@H](O[C@H]2CCCCC2C(O)O)C1. The Morgan fingerprint density at radius 1 is 1.26 bits per heavy atom. The molecule has 1 aliphatic carbocycles. The van der Waals surface area contributed by atoms with Gasteiger partial charge in [0.2, 0.25) is 0 Å². The number of aliphatic hydroxyl groups excluding tert-OH is 2. The van der Waals surface area contributed by atoms with E-state index in [2.05, 4.69) is 0 Å². The Bertz CT molecular complexity index is 306. The van der Waals surface area contributed by atoms with Gasteiger partial charge >= 0.3 is 0 Å². The van der Waals surface area contributed by atoms with E-state index in [-0.39, 0.29) is 37.3 Å². The van der Waals surface area contributed by atoms with Gasteiger partial charge in [-0.15, -0.1) is 0 Å². The Balaban J connectivity index is 1.92. The minimum atomic E-state index is -1.40. The van der Waals surface area contributed by atoms with Crippen molar-refractivity contribution in [2.75, 3.05) is 6.61 Å². The molecule has 19 heavy (non-hydrogen) atoms. The first-order chi connectivity index (χ1) is 9.10. The number of hydrogen-bond acceptors (Lipinski definition) is 6. The Morgan fingerprint density at radius 2 is 2.00 bits per heavy atom. The summed E-state index contributed by atoms with van der Waals surface area (Å²) < 4.78 is 11.2. The number of hydrogen-bond donors (Lipinski definition) is 3. The summed E-state index contributed by atoms with van der Waals surface area (Å²) in [7, 11) is 0. The molecule has 2 fully saturated rings. The quantitative estimate of drug-likeness (QED) is 0.621. The van der Waals surface area contributed by atoms with E-state index in [0.29, 0.717) is 6.42 Å². The third-order valence-corrected chi connectivity index (χ3v) is 3.86. The average molecular weight is 274 g/mol. The van der Waals surface area contributed by atoms with Gasteiger partial charge in [0.15, 0.2) is 12.6 Å². The van der Waals surface area contributed by atoms with Crippen LogP contribution in [0.4, 0.5) is 0 Å². The lowest BCUT2D eigenvalue weighted by atomic mass is 9.86. The summed E-state index contributed by atoms with van der Waals surface area (Å²) in [5.74, 6) is -0.325. The molecule has 0 bridgehead atoms. The van der Waals surface area contributed by atoms with Crippen molar-refractivity contribution in [3.8, 4) is 0 Å². The molecule has 4 atom stereocenters. The molecule has 1 heterocycles. The zero-order chi connectivity index (χ0) is 13.8. The zero-order valence-corrected chi connectivity index (χ0v) is 10.9. The Kier molecular flexibility index (Phi) is 5.29. The van der Waals surface area contributed by atoms with Crippen LogP contribution in [0, 0.1) is 5.92 Å². The van der Waals surface area contributed by atoms with Crippen LogP contribution >= 0.6 is 0 Å². The van der Waals surface area contributed by atoms with Gasteiger partial charge in [-0.1, -0.05) is 12.8 Å². The van der Waals surface area contributed by atoms with Crippen LogP contribution in [0.5, 0.6) is 0 Å². The number of carbonyl (C=O) groups excluding carboxylic acids is 1. The standard InChI is InChI=1S/C13H22O6/c14-7-9-5-8(15)6-12(18-9)19-11-4-2-1-3-10(11)13(16)17/h9-14,16-17H,1-7H2/t9?,10?,11-,12-/m0/s1. The maximum atomic E-state index is 11.5. The number of aliphatic hydroxyl groups is 3. The van der Waals surface area contributed by atoms with Gasteiger partial charge < -0.3 is 24.8 Å². The number of ether oxygens (including phenoxy) is 2. The maximum Gasteiger partial charge on any atom is 0.165 e. The summed E-state index contributed by atoms with van der Waals surface area (Å²) in [6.45, 7) is -0.206. The third kappa shape index (κ3) is 3.97. The van der Waals surface area contributed by atoms with E-state index < -0.39 is 18.7 Å². The van der Waals surface area contributed by atoms with Crippen molar-refractivity contribution in [1.29, 1.82) is 0 Å². The van der Waals surface area contributed by atoms with Crippen molar-refractivity contribution in [2.45, 2.75) is 63.3 Å². The van der Waals surface area contributed by atoms with Gasteiger partial charge in [0.25, 0.3) is 0 Å². The number of ketones is 1. The number of rotatable bonds is 4. The summed E-state index contributed by atoms with van der Waals surface area (Å²) >= 11 is 0. The van der Waals surface area contributed by atoms with E-state index in [4.69, 9.17) is 14.6 Å². The molecule has 1 saturated heterocycles. The summed E-state index contributed by atoms with van der Waals surface area (Å²) in [5.41, 5.74) is 0. The fraction of sp³-hybridized carbons (Fsp3) is 0.923. The van der Waals surface area contributed by atoms with Crippen LogP contribution in [0.25, 0.3) is 0 Å². The molecule has 2 aliphatic rings. The van der Waals surface area contributed by atoms with E-state index in [1.165, 1.54) is 0 Å². The molecule has 2 unspecified atom stereocenters. The fourth-order valence-corrected chi connectivity index (χ4v) is 2.85. The molecule has 6 nitrogen and oxygen atoms in total. The lowest BCUT2D eigenvalue weighted by molar-refractivity contribution is -0.243. The minimum Gasteiger partial charge on any atom is -0.394 e.